The lowest BCUT2D eigenvalue weighted by Crippen LogP contribution is -2.05. The smallest absolute Gasteiger partial charge is 0.358 e. The minimum atomic E-state index is -1.10. The first-order valence-corrected chi connectivity index (χ1v) is 7.62. The summed E-state index contributed by atoms with van der Waals surface area (Å²) in [6.07, 6.45) is 3.24. The van der Waals surface area contributed by atoms with E-state index in [1.807, 2.05) is 11.4 Å². The number of carboxylic acids is 1. The maximum atomic E-state index is 11.3. The van der Waals surface area contributed by atoms with Crippen LogP contribution >= 0.6 is 27.3 Å². The molecule has 0 aliphatic carbocycles. The van der Waals surface area contributed by atoms with Crippen LogP contribution in [0.3, 0.4) is 0 Å². The molecule has 3 aromatic heterocycles. The van der Waals surface area contributed by atoms with Gasteiger partial charge in [-0.25, -0.2) is 9.48 Å². The third kappa shape index (κ3) is 2.86. The molecule has 21 heavy (non-hydrogen) atoms. The molecule has 3 heterocycles. The Balaban J connectivity index is 2.07. The first-order valence-electron chi connectivity index (χ1n) is 5.95. The maximum absolute atomic E-state index is 11.3. The molecule has 3 rings (SSSR count). The average molecular weight is 365 g/mol. The fraction of sp³-hybridized carbons (Fsp3) is 0.0769. The van der Waals surface area contributed by atoms with Crippen LogP contribution in [0.1, 0.15) is 16.1 Å². The van der Waals surface area contributed by atoms with Crippen LogP contribution in [0.2, 0.25) is 0 Å². The number of aromatic nitrogens is 4. The summed E-state index contributed by atoms with van der Waals surface area (Å²) in [5, 5.41) is 19.0. The minimum absolute atomic E-state index is 0.0719. The number of rotatable bonds is 4. The van der Waals surface area contributed by atoms with Gasteiger partial charge in [0.05, 0.1) is 10.3 Å². The van der Waals surface area contributed by atoms with Crippen molar-refractivity contribution in [2.24, 2.45) is 0 Å². The van der Waals surface area contributed by atoms with Crippen molar-refractivity contribution in [1.29, 1.82) is 0 Å². The molecule has 106 valence electrons. The Bertz CT molecular complexity index is 785. The summed E-state index contributed by atoms with van der Waals surface area (Å²) in [7, 11) is 0. The van der Waals surface area contributed by atoms with Gasteiger partial charge in [-0.15, -0.1) is 16.4 Å². The number of thiophene rings is 1. The second-order valence-electron chi connectivity index (χ2n) is 4.25. The number of carbonyl (C=O) groups is 1. The van der Waals surface area contributed by atoms with Gasteiger partial charge < -0.3 is 5.11 Å². The number of nitrogens with zero attached hydrogens (tertiary/aromatic N) is 4. The highest BCUT2D eigenvalue weighted by Gasteiger charge is 2.20. The predicted molar refractivity (Wildman–Crippen MR) is 81.3 cm³/mol. The maximum Gasteiger partial charge on any atom is 0.358 e. The molecule has 0 bridgehead atoms. The van der Waals surface area contributed by atoms with E-state index in [2.05, 4.69) is 31.2 Å². The van der Waals surface area contributed by atoms with Crippen molar-refractivity contribution in [3.8, 4) is 11.3 Å². The zero-order valence-corrected chi connectivity index (χ0v) is 13.0. The molecule has 1 N–H and O–H groups in total. The average Bonchev–Trinajstić information content (AvgIpc) is 3.07. The summed E-state index contributed by atoms with van der Waals surface area (Å²) < 4.78 is 2.59. The SMILES string of the molecule is O=C(O)c1nnn(Cc2csc(Br)c2)c1-c1cccnc1. The fourth-order valence-electron chi connectivity index (χ4n) is 1.96. The standard InChI is InChI=1S/C13H9BrN4O2S/c14-10-4-8(7-21-10)6-18-12(9-2-1-3-15-5-9)11(13(19)20)16-17-18/h1-5,7H,6H2,(H,19,20). The van der Waals surface area contributed by atoms with E-state index in [1.54, 1.807) is 40.5 Å². The third-order valence-electron chi connectivity index (χ3n) is 2.83. The largest absolute Gasteiger partial charge is 0.476 e. The minimum Gasteiger partial charge on any atom is -0.476 e. The van der Waals surface area contributed by atoms with Crippen molar-refractivity contribution in [1.82, 2.24) is 20.0 Å². The second-order valence-corrected chi connectivity index (χ2v) is 6.54. The molecule has 0 atom stereocenters. The van der Waals surface area contributed by atoms with Gasteiger partial charge >= 0.3 is 5.97 Å². The molecule has 0 aliphatic rings. The van der Waals surface area contributed by atoms with Crippen molar-refractivity contribution in [3.63, 3.8) is 0 Å². The normalized spacial score (nSPS) is 10.7. The number of aromatic carboxylic acids is 1. The van der Waals surface area contributed by atoms with E-state index in [0.29, 0.717) is 17.8 Å². The highest BCUT2D eigenvalue weighted by molar-refractivity contribution is 9.11. The van der Waals surface area contributed by atoms with Gasteiger partial charge in [-0.3, -0.25) is 4.98 Å². The number of hydrogen-bond donors (Lipinski definition) is 1. The highest BCUT2D eigenvalue weighted by atomic mass is 79.9. The second kappa shape index (κ2) is 5.74. The van der Waals surface area contributed by atoms with Crippen molar-refractivity contribution in [3.05, 3.63) is 51.0 Å². The third-order valence-corrected chi connectivity index (χ3v) is 4.38. The number of carboxylic acid groups (broad SMARTS) is 1. The molecule has 3 aromatic rings. The topological polar surface area (TPSA) is 80.9 Å². The Labute approximate surface area is 132 Å². The van der Waals surface area contributed by atoms with Crippen molar-refractivity contribution >= 4 is 33.2 Å². The monoisotopic (exact) mass is 364 g/mol. The lowest BCUT2D eigenvalue weighted by molar-refractivity contribution is 0.0691. The van der Waals surface area contributed by atoms with Crippen LogP contribution in [0.15, 0.2) is 39.8 Å². The molecule has 0 aromatic carbocycles. The molecule has 0 aliphatic heterocycles. The Morgan fingerprint density at radius 1 is 1.48 bits per heavy atom. The van der Waals surface area contributed by atoms with Crippen LogP contribution in [0, 0.1) is 0 Å². The van der Waals surface area contributed by atoms with E-state index in [1.165, 1.54) is 0 Å². The van der Waals surface area contributed by atoms with Gasteiger partial charge in [0.1, 0.15) is 5.69 Å². The first kappa shape index (κ1) is 13.9. The Hall–Kier alpha value is -2.06. The summed E-state index contributed by atoms with van der Waals surface area (Å²) >= 11 is 4.97. The van der Waals surface area contributed by atoms with E-state index < -0.39 is 5.97 Å². The lowest BCUT2D eigenvalue weighted by Gasteiger charge is -2.05. The van der Waals surface area contributed by atoms with E-state index in [0.717, 1.165) is 9.35 Å². The van der Waals surface area contributed by atoms with E-state index in [9.17, 15) is 9.90 Å². The van der Waals surface area contributed by atoms with Crippen molar-refractivity contribution in [2.75, 3.05) is 0 Å². The fourth-order valence-corrected chi connectivity index (χ4v) is 3.16. The zero-order chi connectivity index (χ0) is 14.8. The van der Waals surface area contributed by atoms with Crippen LogP contribution in [0.5, 0.6) is 0 Å². The predicted octanol–water partition coefficient (Wildman–Crippen LogP) is 2.91. The molecule has 0 saturated heterocycles. The highest BCUT2D eigenvalue weighted by Crippen LogP contribution is 2.25. The first-order chi connectivity index (χ1) is 10.1. The Morgan fingerprint density at radius 3 is 2.95 bits per heavy atom. The van der Waals surface area contributed by atoms with E-state index in [-0.39, 0.29) is 5.69 Å². The summed E-state index contributed by atoms with van der Waals surface area (Å²) in [5.74, 6) is -1.10. The van der Waals surface area contributed by atoms with Gasteiger partial charge in [0, 0.05) is 18.0 Å². The van der Waals surface area contributed by atoms with Crippen molar-refractivity contribution < 1.29 is 9.90 Å². The van der Waals surface area contributed by atoms with Crippen LogP contribution < -0.4 is 0 Å². The van der Waals surface area contributed by atoms with Crippen LogP contribution in [0.4, 0.5) is 0 Å². The Kier molecular flexibility index (Phi) is 3.80. The number of hydrogen-bond acceptors (Lipinski definition) is 5. The van der Waals surface area contributed by atoms with Gasteiger partial charge in [-0.1, -0.05) is 5.21 Å². The molecule has 0 radical (unpaired) electrons. The quantitative estimate of drug-likeness (QED) is 0.769. The van der Waals surface area contributed by atoms with Gasteiger partial charge in [-0.05, 0) is 45.1 Å². The summed E-state index contributed by atoms with van der Waals surface area (Å²) in [4.78, 5) is 15.3. The zero-order valence-electron chi connectivity index (χ0n) is 10.6. The molecular formula is C13H9BrN4O2S. The van der Waals surface area contributed by atoms with Crippen LogP contribution in [0.25, 0.3) is 11.3 Å². The summed E-state index contributed by atoms with van der Waals surface area (Å²) in [5.41, 5.74) is 2.09. The Morgan fingerprint density at radius 2 is 2.33 bits per heavy atom. The summed E-state index contributed by atoms with van der Waals surface area (Å²) in [6.45, 7) is 0.451. The van der Waals surface area contributed by atoms with E-state index in [4.69, 9.17) is 0 Å². The lowest BCUT2D eigenvalue weighted by atomic mass is 10.1. The van der Waals surface area contributed by atoms with Gasteiger partial charge in [0.25, 0.3) is 0 Å². The molecule has 0 amide bonds. The van der Waals surface area contributed by atoms with Gasteiger partial charge in [-0.2, -0.15) is 0 Å². The molecule has 0 spiro atoms. The molecule has 6 nitrogen and oxygen atoms in total. The van der Waals surface area contributed by atoms with Crippen molar-refractivity contribution in [2.45, 2.75) is 6.54 Å². The van der Waals surface area contributed by atoms with E-state index >= 15 is 0 Å². The number of halogens is 1. The summed E-state index contributed by atoms with van der Waals surface area (Å²) in [6, 6.07) is 5.51. The number of pyridine rings is 1. The molecule has 0 saturated carbocycles. The molecule has 8 heteroatoms. The van der Waals surface area contributed by atoms with Gasteiger partial charge in [0.15, 0.2) is 5.69 Å². The van der Waals surface area contributed by atoms with Crippen LogP contribution in [-0.2, 0) is 6.54 Å². The molecule has 0 unspecified atom stereocenters. The van der Waals surface area contributed by atoms with Gasteiger partial charge in [0.2, 0.25) is 0 Å². The molecule has 0 fully saturated rings. The molecular weight excluding hydrogens is 356 g/mol. The van der Waals surface area contributed by atoms with Crippen LogP contribution in [-0.4, -0.2) is 31.1 Å².